The molecular weight excluding hydrogens is 363 g/mol. The van der Waals surface area contributed by atoms with Crippen molar-refractivity contribution in [1.82, 2.24) is 9.47 Å². The van der Waals surface area contributed by atoms with Crippen molar-refractivity contribution < 1.29 is 9.18 Å². The zero-order chi connectivity index (χ0) is 19.0. The van der Waals surface area contributed by atoms with E-state index in [4.69, 9.17) is 11.6 Å². The number of carbonyl (C=O) groups is 1. The van der Waals surface area contributed by atoms with Crippen molar-refractivity contribution in [3.63, 3.8) is 0 Å². The summed E-state index contributed by atoms with van der Waals surface area (Å²) >= 11 is 6.04. The quantitative estimate of drug-likeness (QED) is 0.588. The van der Waals surface area contributed by atoms with E-state index in [0.29, 0.717) is 10.6 Å². The monoisotopic (exact) mass is 382 g/mol. The highest BCUT2D eigenvalue weighted by Gasteiger charge is 2.25. The fraction of sp³-hybridized carbons (Fsp3) is 0.227. The van der Waals surface area contributed by atoms with Gasteiger partial charge in [-0.2, -0.15) is 0 Å². The lowest BCUT2D eigenvalue weighted by Gasteiger charge is -2.16. The Bertz CT molecular complexity index is 971. The number of rotatable bonds is 3. The first-order chi connectivity index (χ1) is 13.0. The molecule has 2 aromatic carbocycles. The summed E-state index contributed by atoms with van der Waals surface area (Å²) < 4.78 is 15.4. The fourth-order valence-electron chi connectivity index (χ4n) is 3.67. The largest absolute Gasteiger partial charge is 0.339 e. The molecule has 0 saturated carbocycles. The molecule has 4 rings (SSSR count). The molecule has 1 aliphatic rings. The Hall–Kier alpha value is -2.59. The minimum Gasteiger partial charge on any atom is -0.339 e. The molecule has 0 N–H and O–H groups in total. The van der Waals surface area contributed by atoms with Gasteiger partial charge in [0, 0.05) is 29.5 Å². The topological polar surface area (TPSA) is 25.2 Å². The maximum absolute atomic E-state index is 13.4. The van der Waals surface area contributed by atoms with Crippen molar-refractivity contribution in [2.24, 2.45) is 0 Å². The van der Waals surface area contributed by atoms with E-state index in [1.165, 1.54) is 12.1 Å². The Labute approximate surface area is 163 Å². The summed E-state index contributed by atoms with van der Waals surface area (Å²) in [4.78, 5) is 14.9. The van der Waals surface area contributed by atoms with E-state index in [1.807, 2.05) is 46.7 Å². The van der Waals surface area contributed by atoms with Crippen molar-refractivity contribution in [3.8, 4) is 16.9 Å². The molecule has 27 heavy (non-hydrogen) atoms. The Morgan fingerprint density at radius 1 is 1.00 bits per heavy atom. The number of aromatic nitrogens is 1. The van der Waals surface area contributed by atoms with Crippen LogP contribution in [0.4, 0.5) is 4.39 Å². The van der Waals surface area contributed by atoms with Gasteiger partial charge in [0.05, 0.1) is 11.3 Å². The van der Waals surface area contributed by atoms with Crippen LogP contribution in [0.1, 0.15) is 28.9 Å². The number of amides is 1. The second-order valence-corrected chi connectivity index (χ2v) is 7.28. The number of likely N-dealkylation sites (tertiary alicyclic amines) is 1. The average Bonchev–Trinajstić information content (AvgIpc) is 3.31. The van der Waals surface area contributed by atoms with Gasteiger partial charge in [0.2, 0.25) is 0 Å². The molecule has 1 fully saturated rings. The Kier molecular flexibility index (Phi) is 4.75. The summed E-state index contributed by atoms with van der Waals surface area (Å²) in [6, 6.07) is 15.8. The summed E-state index contributed by atoms with van der Waals surface area (Å²) in [5.74, 6) is -0.231. The lowest BCUT2D eigenvalue weighted by Crippen LogP contribution is -2.27. The van der Waals surface area contributed by atoms with Gasteiger partial charge in [0.1, 0.15) is 5.82 Å². The highest BCUT2D eigenvalue weighted by molar-refractivity contribution is 6.30. The normalized spacial score (nSPS) is 14.0. The number of carbonyl (C=O) groups excluding carboxylic acids is 1. The number of benzene rings is 2. The maximum Gasteiger partial charge on any atom is 0.255 e. The SMILES string of the molecule is Cc1c(C(=O)N2CCCC2)cc(-c2ccc(Cl)cc2)n1-c1ccc(F)cc1. The number of halogens is 2. The van der Waals surface area contributed by atoms with Crippen LogP contribution in [0, 0.1) is 12.7 Å². The second kappa shape index (κ2) is 7.20. The van der Waals surface area contributed by atoms with Crippen molar-refractivity contribution in [2.45, 2.75) is 19.8 Å². The first kappa shape index (κ1) is 17.8. The molecule has 2 heterocycles. The summed E-state index contributed by atoms with van der Waals surface area (Å²) in [5.41, 5.74) is 4.19. The number of hydrogen-bond donors (Lipinski definition) is 0. The van der Waals surface area contributed by atoms with E-state index in [-0.39, 0.29) is 11.7 Å². The summed E-state index contributed by atoms with van der Waals surface area (Å²) in [6.45, 7) is 3.54. The lowest BCUT2D eigenvalue weighted by atomic mass is 10.1. The van der Waals surface area contributed by atoms with Crippen molar-refractivity contribution in [1.29, 1.82) is 0 Å². The predicted molar refractivity (Wildman–Crippen MR) is 106 cm³/mol. The van der Waals surface area contributed by atoms with Crippen LogP contribution in [-0.2, 0) is 0 Å². The van der Waals surface area contributed by atoms with Crippen LogP contribution in [0.25, 0.3) is 16.9 Å². The standard InChI is InChI=1S/C22H20ClFN2O/c1-15-20(22(27)25-12-2-3-13-25)14-21(16-4-6-17(23)7-5-16)26(15)19-10-8-18(24)9-11-19/h4-11,14H,2-3,12-13H2,1H3. The predicted octanol–water partition coefficient (Wildman–Crippen LogP) is 5.48. The third kappa shape index (κ3) is 3.37. The fourth-order valence-corrected chi connectivity index (χ4v) is 3.80. The van der Waals surface area contributed by atoms with E-state index in [0.717, 1.165) is 48.6 Å². The van der Waals surface area contributed by atoms with E-state index >= 15 is 0 Å². The van der Waals surface area contributed by atoms with E-state index < -0.39 is 0 Å². The van der Waals surface area contributed by atoms with Crippen molar-refractivity contribution >= 4 is 17.5 Å². The van der Waals surface area contributed by atoms with Crippen LogP contribution in [0.3, 0.4) is 0 Å². The van der Waals surface area contributed by atoms with E-state index in [2.05, 4.69) is 0 Å². The highest BCUT2D eigenvalue weighted by atomic mass is 35.5. The van der Waals surface area contributed by atoms with Crippen LogP contribution < -0.4 is 0 Å². The van der Waals surface area contributed by atoms with Gasteiger partial charge in [0.25, 0.3) is 5.91 Å². The minimum atomic E-state index is -0.287. The average molecular weight is 383 g/mol. The zero-order valence-corrected chi connectivity index (χ0v) is 15.8. The number of nitrogens with zero attached hydrogens (tertiary/aromatic N) is 2. The van der Waals surface area contributed by atoms with Gasteiger partial charge in [-0.3, -0.25) is 4.79 Å². The minimum absolute atomic E-state index is 0.0566. The molecule has 138 valence electrons. The molecule has 0 spiro atoms. The molecule has 0 radical (unpaired) electrons. The van der Waals surface area contributed by atoms with Crippen molar-refractivity contribution in [2.75, 3.05) is 13.1 Å². The first-order valence-corrected chi connectivity index (χ1v) is 9.46. The second-order valence-electron chi connectivity index (χ2n) is 6.85. The molecular formula is C22H20ClFN2O. The Morgan fingerprint density at radius 3 is 2.26 bits per heavy atom. The third-order valence-electron chi connectivity index (χ3n) is 5.10. The zero-order valence-electron chi connectivity index (χ0n) is 15.1. The molecule has 1 aliphatic heterocycles. The molecule has 3 nitrogen and oxygen atoms in total. The third-order valence-corrected chi connectivity index (χ3v) is 5.35. The van der Waals surface area contributed by atoms with Gasteiger partial charge < -0.3 is 9.47 Å². The van der Waals surface area contributed by atoms with Gasteiger partial charge in [-0.15, -0.1) is 0 Å². The smallest absolute Gasteiger partial charge is 0.255 e. The van der Waals surface area contributed by atoms with E-state index in [9.17, 15) is 9.18 Å². The molecule has 0 bridgehead atoms. The van der Waals surface area contributed by atoms with Crippen LogP contribution in [0.2, 0.25) is 5.02 Å². The lowest BCUT2D eigenvalue weighted by molar-refractivity contribution is 0.0792. The Balaban J connectivity index is 1.87. The summed E-state index contributed by atoms with van der Waals surface area (Å²) in [5, 5.41) is 0.656. The highest BCUT2D eigenvalue weighted by Crippen LogP contribution is 2.31. The first-order valence-electron chi connectivity index (χ1n) is 9.08. The molecule has 3 aromatic rings. The summed E-state index contributed by atoms with van der Waals surface area (Å²) in [6.07, 6.45) is 2.10. The molecule has 0 aliphatic carbocycles. The number of hydrogen-bond acceptors (Lipinski definition) is 1. The van der Waals surface area contributed by atoms with Crippen LogP contribution in [0.5, 0.6) is 0 Å². The summed E-state index contributed by atoms with van der Waals surface area (Å²) in [7, 11) is 0. The maximum atomic E-state index is 13.4. The van der Waals surface area contributed by atoms with Gasteiger partial charge in [-0.1, -0.05) is 23.7 Å². The molecule has 0 unspecified atom stereocenters. The van der Waals surface area contributed by atoms with E-state index in [1.54, 1.807) is 12.1 Å². The molecule has 1 aromatic heterocycles. The van der Waals surface area contributed by atoms with Gasteiger partial charge >= 0.3 is 0 Å². The van der Waals surface area contributed by atoms with Crippen molar-refractivity contribution in [3.05, 3.63) is 76.7 Å². The van der Waals surface area contributed by atoms with Gasteiger partial charge in [0.15, 0.2) is 0 Å². The Morgan fingerprint density at radius 2 is 1.63 bits per heavy atom. The molecule has 1 saturated heterocycles. The molecule has 5 heteroatoms. The molecule has 0 atom stereocenters. The van der Waals surface area contributed by atoms with Gasteiger partial charge in [-0.05, 0) is 67.8 Å². The van der Waals surface area contributed by atoms with Gasteiger partial charge in [-0.25, -0.2) is 4.39 Å². The van der Waals surface area contributed by atoms with Crippen LogP contribution >= 0.6 is 11.6 Å². The van der Waals surface area contributed by atoms with Crippen LogP contribution in [-0.4, -0.2) is 28.5 Å². The molecule has 1 amide bonds. The van der Waals surface area contributed by atoms with Crippen LogP contribution in [0.15, 0.2) is 54.6 Å².